The lowest BCUT2D eigenvalue weighted by molar-refractivity contribution is 0.544. The molecule has 21 heavy (non-hydrogen) atoms. The van der Waals surface area contributed by atoms with Crippen LogP contribution >= 0.6 is 11.6 Å². The van der Waals surface area contributed by atoms with Gasteiger partial charge < -0.3 is 0 Å². The van der Waals surface area contributed by atoms with Crippen molar-refractivity contribution in [1.82, 2.24) is 45.2 Å². The predicted octanol–water partition coefficient (Wildman–Crippen LogP) is 0.744. The number of hydrogen-bond donors (Lipinski definition) is 0. The molecule has 0 aliphatic rings. The Balaban J connectivity index is 2.12. The molecule has 0 saturated heterocycles. The van der Waals surface area contributed by atoms with Gasteiger partial charge in [-0.2, -0.15) is 0 Å². The molecule has 3 rings (SSSR count). The molecule has 0 radical (unpaired) electrons. The average Bonchev–Trinajstić information content (AvgIpc) is 2.97. The molecule has 9 nitrogen and oxygen atoms in total. The molecule has 0 fully saturated rings. The second-order valence-corrected chi connectivity index (χ2v) is 6.08. The third kappa shape index (κ3) is 2.44. The summed E-state index contributed by atoms with van der Waals surface area (Å²) in [5, 5.41) is 19.7. The first-order valence-electron chi connectivity index (χ1n) is 6.34. The summed E-state index contributed by atoms with van der Waals surface area (Å²) in [6.45, 7) is 6.42. The Bertz CT molecular complexity index is 798. The second-order valence-electron chi connectivity index (χ2n) is 5.73. The number of fused-ring (bicyclic) bond motifs is 1. The van der Waals surface area contributed by atoms with Crippen molar-refractivity contribution in [2.75, 3.05) is 0 Å². The molecule has 0 amide bonds. The van der Waals surface area contributed by atoms with Gasteiger partial charge in [-0.3, -0.25) is 0 Å². The van der Waals surface area contributed by atoms with Gasteiger partial charge in [0, 0.05) is 12.5 Å². The fraction of sp³-hybridized carbons (Fsp3) is 0.545. The van der Waals surface area contributed by atoms with Crippen molar-refractivity contribution < 1.29 is 0 Å². The first kappa shape index (κ1) is 13.8. The zero-order valence-electron chi connectivity index (χ0n) is 12.1. The van der Waals surface area contributed by atoms with Crippen molar-refractivity contribution in [3.05, 3.63) is 16.8 Å². The summed E-state index contributed by atoms with van der Waals surface area (Å²) in [4.78, 5) is 8.84. The highest BCUT2D eigenvalue weighted by atomic mass is 35.5. The van der Waals surface area contributed by atoms with E-state index in [1.807, 2.05) is 20.8 Å². The van der Waals surface area contributed by atoms with Crippen molar-refractivity contribution >= 4 is 22.8 Å². The number of aromatic nitrogens is 9. The molecule has 10 heteroatoms. The average molecular weight is 308 g/mol. The van der Waals surface area contributed by atoms with Crippen LogP contribution in [0, 0.1) is 0 Å². The van der Waals surface area contributed by atoms with E-state index in [0.29, 0.717) is 34.5 Å². The standard InChI is InChI=1S/C11H14ClN9/c1-11(2,3)10-13-8(12)7-9(14-10)21(18-16-7)5-6-15-17-19-20(6)4/h5H2,1-4H3. The lowest BCUT2D eigenvalue weighted by atomic mass is 9.96. The smallest absolute Gasteiger partial charge is 0.183 e. The number of aryl methyl sites for hydroxylation is 1. The van der Waals surface area contributed by atoms with Gasteiger partial charge in [-0.15, -0.1) is 10.2 Å². The maximum atomic E-state index is 6.18. The van der Waals surface area contributed by atoms with Gasteiger partial charge in [0.25, 0.3) is 0 Å². The van der Waals surface area contributed by atoms with Gasteiger partial charge in [0.05, 0.1) is 0 Å². The number of halogens is 1. The van der Waals surface area contributed by atoms with E-state index in [4.69, 9.17) is 11.6 Å². The van der Waals surface area contributed by atoms with Gasteiger partial charge in [-0.25, -0.2) is 19.3 Å². The van der Waals surface area contributed by atoms with Crippen LogP contribution in [0.5, 0.6) is 0 Å². The van der Waals surface area contributed by atoms with Gasteiger partial charge >= 0.3 is 0 Å². The molecule has 0 atom stereocenters. The minimum atomic E-state index is -0.223. The molecule has 0 spiro atoms. The zero-order chi connectivity index (χ0) is 15.2. The Labute approximate surface area is 125 Å². The topological polar surface area (TPSA) is 100 Å². The molecule has 0 aliphatic heterocycles. The first-order chi connectivity index (χ1) is 9.86. The van der Waals surface area contributed by atoms with Gasteiger partial charge in [-0.1, -0.05) is 37.6 Å². The fourth-order valence-corrected chi connectivity index (χ4v) is 1.98. The zero-order valence-corrected chi connectivity index (χ0v) is 12.9. The Hall–Kier alpha value is -2.16. The Morgan fingerprint density at radius 1 is 1.10 bits per heavy atom. The summed E-state index contributed by atoms with van der Waals surface area (Å²) in [6.07, 6.45) is 0. The third-order valence-corrected chi connectivity index (χ3v) is 3.25. The van der Waals surface area contributed by atoms with Gasteiger partial charge in [0.1, 0.15) is 12.4 Å². The SMILES string of the molecule is Cn1nnnc1Cn1nnc2c(Cl)nc(C(C)(C)C)nc21. The summed E-state index contributed by atoms with van der Waals surface area (Å²) in [7, 11) is 1.76. The Morgan fingerprint density at radius 3 is 2.48 bits per heavy atom. The lowest BCUT2D eigenvalue weighted by Crippen LogP contribution is -2.17. The summed E-state index contributed by atoms with van der Waals surface area (Å²) in [5.74, 6) is 1.29. The largest absolute Gasteiger partial charge is 0.231 e. The molecule has 0 bridgehead atoms. The van der Waals surface area contributed by atoms with Crippen LogP contribution in [0.1, 0.15) is 32.4 Å². The van der Waals surface area contributed by atoms with Crippen molar-refractivity contribution in [3.8, 4) is 0 Å². The minimum absolute atomic E-state index is 0.223. The number of tetrazole rings is 1. The van der Waals surface area contributed by atoms with Gasteiger partial charge in [0.2, 0.25) is 0 Å². The van der Waals surface area contributed by atoms with E-state index in [2.05, 4.69) is 35.8 Å². The van der Waals surface area contributed by atoms with E-state index in [1.54, 1.807) is 16.4 Å². The number of rotatable bonds is 2. The first-order valence-corrected chi connectivity index (χ1v) is 6.72. The van der Waals surface area contributed by atoms with Crippen molar-refractivity contribution in [2.24, 2.45) is 7.05 Å². The van der Waals surface area contributed by atoms with E-state index >= 15 is 0 Å². The summed E-state index contributed by atoms with van der Waals surface area (Å²) < 4.78 is 3.19. The van der Waals surface area contributed by atoms with Gasteiger partial charge in [0.15, 0.2) is 22.1 Å². The van der Waals surface area contributed by atoms with Crippen molar-refractivity contribution in [2.45, 2.75) is 32.7 Å². The van der Waals surface area contributed by atoms with Crippen LogP contribution < -0.4 is 0 Å². The summed E-state index contributed by atoms with van der Waals surface area (Å²) in [6, 6.07) is 0. The van der Waals surface area contributed by atoms with Crippen LogP contribution in [-0.4, -0.2) is 45.2 Å². The molecule has 3 aromatic rings. The fourth-order valence-electron chi connectivity index (χ4n) is 1.78. The normalized spacial score (nSPS) is 12.2. The highest BCUT2D eigenvalue weighted by molar-refractivity contribution is 6.33. The molecule has 0 saturated carbocycles. The van der Waals surface area contributed by atoms with Crippen molar-refractivity contribution in [1.29, 1.82) is 0 Å². The van der Waals surface area contributed by atoms with Crippen LogP contribution in [0.25, 0.3) is 11.2 Å². The van der Waals surface area contributed by atoms with Gasteiger partial charge in [-0.05, 0) is 10.4 Å². The molecule has 110 valence electrons. The Morgan fingerprint density at radius 2 is 1.86 bits per heavy atom. The molecule has 3 heterocycles. The van der Waals surface area contributed by atoms with Crippen LogP contribution in [0.15, 0.2) is 0 Å². The van der Waals surface area contributed by atoms with E-state index < -0.39 is 0 Å². The second kappa shape index (κ2) is 4.69. The molecular formula is C11H14ClN9. The summed E-state index contributed by atoms with van der Waals surface area (Å²) in [5.41, 5.74) is 0.821. The molecule has 0 unspecified atom stereocenters. The monoisotopic (exact) mass is 307 g/mol. The van der Waals surface area contributed by atoms with E-state index in [-0.39, 0.29) is 5.41 Å². The lowest BCUT2D eigenvalue weighted by Gasteiger charge is -2.16. The molecule has 0 N–H and O–H groups in total. The predicted molar refractivity (Wildman–Crippen MR) is 74.7 cm³/mol. The van der Waals surface area contributed by atoms with Crippen LogP contribution in [0.3, 0.4) is 0 Å². The van der Waals surface area contributed by atoms with E-state index in [1.165, 1.54) is 0 Å². The van der Waals surface area contributed by atoms with E-state index in [9.17, 15) is 0 Å². The maximum Gasteiger partial charge on any atom is 0.183 e. The highest BCUT2D eigenvalue weighted by Gasteiger charge is 2.22. The number of nitrogens with zero attached hydrogens (tertiary/aromatic N) is 9. The molecule has 0 aliphatic carbocycles. The highest BCUT2D eigenvalue weighted by Crippen LogP contribution is 2.24. The van der Waals surface area contributed by atoms with Crippen molar-refractivity contribution in [3.63, 3.8) is 0 Å². The maximum absolute atomic E-state index is 6.18. The quantitative estimate of drug-likeness (QED) is 0.644. The minimum Gasteiger partial charge on any atom is -0.231 e. The van der Waals surface area contributed by atoms with E-state index in [0.717, 1.165) is 0 Å². The summed E-state index contributed by atoms with van der Waals surface area (Å²) >= 11 is 6.18. The van der Waals surface area contributed by atoms with Crippen LogP contribution in [-0.2, 0) is 19.0 Å². The molecular weight excluding hydrogens is 294 g/mol. The van der Waals surface area contributed by atoms with Crippen LogP contribution in [0.4, 0.5) is 0 Å². The number of hydrogen-bond acceptors (Lipinski definition) is 7. The third-order valence-electron chi connectivity index (χ3n) is 2.99. The molecule has 3 aromatic heterocycles. The van der Waals surface area contributed by atoms with Crippen LogP contribution in [0.2, 0.25) is 5.15 Å². The molecule has 0 aromatic carbocycles. The Kier molecular flexibility index (Phi) is 3.08.